The number of amides is 1. The summed E-state index contributed by atoms with van der Waals surface area (Å²) in [7, 11) is 0. The van der Waals surface area contributed by atoms with Crippen LogP contribution >= 0.6 is 36.4 Å². The van der Waals surface area contributed by atoms with Crippen molar-refractivity contribution in [2.24, 2.45) is 5.41 Å². The van der Waals surface area contributed by atoms with Crippen molar-refractivity contribution in [2.45, 2.75) is 19.8 Å². The van der Waals surface area contributed by atoms with Crippen LogP contribution in [0.2, 0.25) is 5.02 Å². The molecular weight excluding hydrogens is 369 g/mol. The summed E-state index contributed by atoms with van der Waals surface area (Å²) < 4.78 is 0. The molecule has 0 saturated carbocycles. The van der Waals surface area contributed by atoms with Gasteiger partial charge in [0.1, 0.15) is 0 Å². The fraction of sp³-hybridized carbons (Fsp3) is 0.588. The molecule has 7 heteroatoms. The Bertz CT molecular complexity index is 524. The molecule has 4 nitrogen and oxygen atoms in total. The van der Waals surface area contributed by atoms with Crippen LogP contribution in [0.3, 0.4) is 0 Å². The van der Waals surface area contributed by atoms with Crippen LogP contribution < -0.4 is 10.2 Å². The summed E-state index contributed by atoms with van der Waals surface area (Å²) in [6, 6.07) is 7.94. The molecule has 2 aliphatic heterocycles. The maximum Gasteiger partial charge on any atom is 0.229 e. The number of halogens is 3. The maximum atomic E-state index is 12.8. The number of carbonyl (C=O) groups excluding carboxylic acids is 1. The van der Waals surface area contributed by atoms with Crippen LogP contribution in [-0.2, 0) is 4.79 Å². The molecule has 3 rings (SSSR count). The Morgan fingerprint density at radius 1 is 1.12 bits per heavy atom. The van der Waals surface area contributed by atoms with Gasteiger partial charge in [-0.2, -0.15) is 0 Å². The second-order valence-corrected chi connectivity index (χ2v) is 7.03. The van der Waals surface area contributed by atoms with Crippen LogP contribution in [-0.4, -0.2) is 50.1 Å². The van der Waals surface area contributed by atoms with E-state index in [-0.39, 0.29) is 30.2 Å². The Morgan fingerprint density at radius 2 is 1.75 bits per heavy atom. The topological polar surface area (TPSA) is 35.6 Å². The van der Waals surface area contributed by atoms with Crippen LogP contribution in [0, 0.1) is 5.41 Å². The fourth-order valence-corrected chi connectivity index (χ4v) is 3.57. The zero-order valence-corrected chi connectivity index (χ0v) is 16.4. The van der Waals surface area contributed by atoms with Crippen molar-refractivity contribution in [1.29, 1.82) is 0 Å². The van der Waals surface area contributed by atoms with E-state index in [2.05, 4.69) is 17.1 Å². The molecule has 1 atom stereocenters. The number of nitrogens with zero attached hydrogens (tertiary/aromatic N) is 2. The zero-order valence-electron chi connectivity index (χ0n) is 14.0. The monoisotopic (exact) mass is 393 g/mol. The molecule has 2 aliphatic rings. The molecule has 0 radical (unpaired) electrons. The number of anilines is 1. The van der Waals surface area contributed by atoms with Crippen molar-refractivity contribution in [3.8, 4) is 0 Å². The Kier molecular flexibility index (Phi) is 8.13. The van der Waals surface area contributed by atoms with Crippen LogP contribution in [0.5, 0.6) is 0 Å². The second-order valence-electron chi connectivity index (χ2n) is 6.60. The van der Waals surface area contributed by atoms with E-state index in [0.717, 1.165) is 57.1 Å². The van der Waals surface area contributed by atoms with Crippen molar-refractivity contribution < 1.29 is 4.79 Å². The predicted molar refractivity (Wildman–Crippen MR) is 105 cm³/mol. The minimum atomic E-state index is -0.222. The Balaban J connectivity index is 0.00000144. The SMILES string of the molecule is CC1(C(=O)N2CCN(c3ccc(Cl)cc3)CC2)CCCNC1.Cl.Cl. The smallest absolute Gasteiger partial charge is 0.229 e. The predicted octanol–water partition coefficient (Wildman–Crippen LogP) is 3.22. The van der Waals surface area contributed by atoms with Gasteiger partial charge in [-0.3, -0.25) is 4.79 Å². The lowest BCUT2D eigenvalue weighted by molar-refractivity contribution is -0.142. The average molecular weight is 395 g/mol. The molecule has 0 spiro atoms. The highest BCUT2D eigenvalue weighted by Gasteiger charge is 2.38. The number of piperazine rings is 1. The van der Waals surface area contributed by atoms with Gasteiger partial charge in [0.2, 0.25) is 5.91 Å². The minimum Gasteiger partial charge on any atom is -0.368 e. The van der Waals surface area contributed by atoms with E-state index in [1.165, 1.54) is 5.69 Å². The van der Waals surface area contributed by atoms with Crippen molar-refractivity contribution in [1.82, 2.24) is 10.2 Å². The second kappa shape index (κ2) is 9.14. The third-order valence-electron chi connectivity index (χ3n) is 4.87. The summed E-state index contributed by atoms with van der Waals surface area (Å²) in [5.74, 6) is 0.315. The molecule has 0 aromatic heterocycles. The van der Waals surface area contributed by atoms with E-state index < -0.39 is 0 Å². The number of hydrogen-bond donors (Lipinski definition) is 1. The normalized spacial score (nSPS) is 23.9. The van der Waals surface area contributed by atoms with Gasteiger partial charge >= 0.3 is 0 Å². The van der Waals surface area contributed by atoms with Crippen molar-refractivity contribution in [3.63, 3.8) is 0 Å². The Hall–Kier alpha value is -0.680. The van der Waals surface area contributed by atoms with E-state index in [1.807, 2.05) is 29.2 Å². The summed E-state index contributed by atoms with van der Waals surface area (Å²) >= 11 is 5.94. The van der Waals surface area contributed by atoms with Crippen LogP contribution in [0.25, 0.3) is 0 Å². The number of benzene rings is 1. The maximum absolute atomic E-state index is 12.8. The largest absolute Gasteiger partial charge is 0.368 e. The molecular formula is C17H26Cl3N3O. The average Bonchev–Trinajstić information content (AvgIpc) is 2.56. The standard InChI is InChI=1S/C17H24ClN3O.2ClH/c1-17(7-2-8-19-13-17)16(22)21-11-9-20(10-12-21)15-5-3-14(18)4-6-15;;/h3-6,19H,2,7-13H2,1H3;2*1H. The first-order valence-corrected chi connectivity index (χ1v) is 8.47. The van der Waals surface area contributed by atoms with E-state index >= 15 is 0 Å². The van der Waals surface area contributed by atoms with E-state index in [9.17, 15) is 4.79 Å². The molecule has 2 heterocycles. The third kappa shape index (κ3) is 4.69. The van der Waals surface area contributed by atoms with Gasteiger partial charge in [0.25, 0.3) is 0 Å². The van der Waals surface area contributed by atoms with Gasteiger partial charge in [-0.05, 0) is 50.6 Å². The number of hydrogen-bond acceptors (Lipinski definition) is 3. The lowest BCUT2D eigenvalue weighted by Gasteiger charge is -2.42. The third-order valence-corrected chi connectivity index (χ3v) is 5.12. The quantitative estimate of drug-likeness (QED) is 0.836. The molecule has 1 aromatic rings. The lowest BCUT2D eigenvalue weighted by Crippen LogP contribution is -2.55. The Morgan fingerprint density at radius 3 is 2.29 bits per heavy atom. The summed E-state index contributed by atoms with van der Waals surface area (Å²) in [6.07, 6.45) is 2.09. The summed E-state index contributed by atoms with van der Waals surface area (Å²) in [5, 5.41) is 4.12. The first-order chi connectivity index (χ1) is 10.6. The molecule has 0 aliphatic carbocycles. The van der Waals surface area contributed by atoms with Crippen molar-refractivity contribution >= 4 is 48.0 Å². The molecule has 24 heavy (non-hydrogen) atoms. The zero-order chi connectivity index (χ0) is 15.6. The summed E-state index contributed by atoms with van der Waals surface area (Å²) in [6.45, 7) is 7.32. The van der Waals surface area contributed by atoms with Gasteiger partial charge in [-0.1, -0.05) is 11.6 Å². The number of carbonyl (C=O) groups is 1. The molecule has 136 valence electrons. The minimum absolute atomic E-state index is 0. The highest BCUT2D eigenvalue weighted by Crippen LogP contribution is 2.29. The molecule has 1 amide bonds. The molecule has 0 bridgehead atoms. The molecule has 2 fully saturated rings. The van der Waals surface area contributed by atoms with Crippen molar-refractivity contribution in [2.75, 3.05) is 44.2 Å². The summed E-state index contributed by atoms with van der Waals surface area (Å²) in [5.41, 5.74) is 0.961. The molecule has 2 saturated heterocycles. The van der Waals surface area contributed by atoms with Crippen LogP contribution in [0.1, 0.15) is 19.8 Å². The lowest BCUT2D eigenvalue weighted by atomic mass is 9.81. The highest BCUT2D eigenvalue weighted by atomic mass is 35.5. The summed E-state index contributed by atoms with van der Waals surface area (Å²) in [4.78, 5) is 17.2. The highest BCUT2D eigenvalue weighted by molar-refractivity contribution is 6.30. The van der Waals surface area contributed by atoms with Gasteiger partial charge in [0.05, 0.1) is 5.41 Å². The van der Waals surface area contributed by atoms with Gasteiger partial charge in [-0.25, -0.2) is 0 Å². The number of nitrogens with one attached hydrogen (secondary N) is 1. The van der Waals surface area contributed by atoms with Crippen LogP contribution in [0.15, 0.2) is 24.3 Å². The first-order valence-electron chi connectivity index (χ1n) is 8.09. The van der Waals surface area contributed by atoms with E-state index in [4.69, 9.17) is 11.6 Å². The van der Waals surface area contributed by atoms with Gasteiger partial charge in [0.15, 0.2) is 0 Å². The van der Waals surface area contributed by atoms with Gasteiger partial charge < -0.3 is 15.1 Å². The number of rotatable bonds is 2. The van der Waals surface area contributed by atoms with E-state index in [0.29, 0.717) is 5.91 Å². The van der Waals surface area contributed by atoms with Crippen LogP contribution in [0.4, 0.5) is 5.69 Å². The first kappa shape index (κ1) is 21.4. The molecule has 1 unspecified atom stereocenters. The molecule has 1 aromatic carbocycles. The number of piperidine rings is 1. The Labute approximate surface area is 161 Å². The van der Waals surface area contributed by atoms with Gasteiger partial charge in [-0.15, -0.1) is 24.8 Å². The molecule has 1 N–H and O–H groups in total. The van der Waals surface area contributed by atoms with Crippen molar-refractivity contribution in [3.05, 3.63) is 29.3 Å². The fourth-order valence-electron chi connectivity index (χ4n) is 3.44. The van der Waals surface area contributed by atoms with Gasteiger partial charge in [0, 0.05) is 43.4 Å². The van der Waals surface area contributed by atoms with E-state index in [1.54, 1.807) is 0 Å².